The van der Waals surface area contributed by atoms with Gasteiger partial charge in [0.1, 0.15) is 5.75 Å². The minimum atomic E-state index is 0.0168. The molecule has 3 nitrogen and oxygen atoms in total. The molecule has 4 heteroatoms. The molecule has 0 spiro atoms. The number of fused-ring (bicyclic) bond motifs is 1. The molecule has 1 aromatic heterocycles. The average Bonchev–Trinajstić information content (AvgIpc) is 2.60. The first-order valence-electron chi connectivity index (χ1n) is 8.96. The summed E-state index contributed by atoms with van der Waals surface area (Å²) in [6.07, 6.45) is 0. The molecule has 0 amide bonds. The fourth-order valence-electron chi connectivity index (χ4n) is 2.84. The second-order valence-corrected chi connectivity index (χ2v) is 8.59. The molecule has 0 saturated heterocycles. The summed E-state index contributed by atoms with van der Waals surface area (Å²) in [5.41, 5.74) is 10.4. The number of aromatic nitrogens is 1. The largest absolute Gasteiger partial charge is 0.439 e. The number of hydrogen-bond donors (Lipinski definition) is 1. The summed E-state index contributed by atoms with van der Waals surface area (Å²) in [5.74, 6) is 1.47. The molecule has 0 fully saturated rings. The lowest BCUT2D eigenvalue weighted by molar-refractivity contribution is 0.460. The minimum Gasteiger partial charge on any atom is -0.439 e. The van der Waals surface area contributed by atoms with Crippen molar-refractivity contribution in [2.75, 3.05) is 0 Å². The second kappa shape index (κ2) is 7.68. The van der Waals surface area contributed by atoms with Crippen LogP contribution in [0.25, 0.3) is 10.9 Å². The van der Waals surface area contributed by atoms with Gasteiger partial charge in [-0.05, 0) is 67.8 Å². The number of nitrogens with zero attached hydrogens (tertiary/aromatic N) is 1. The van der Waals surface area contributed by atoms with E-state index in [4.69, 9.17) is 10.5 Å². The topological polar surface area (TPSA) is 48.1 Å². The smallest absolute Gasteiger partial charge is 0.219 e. The van der Waals surface area contributed by atoms with Crippen LogP contribution in [0.15, 0.2) is 47.4 Å². The van der Waals surface area contributed by atoms with Gasteiger partial charge in [0.15, 0.2) is 0 Å². The highest BCUT2D eigenvalue weighted by Gasteiger charge is 2.11. The molecule has 0 aliphatic carbocycles. The van der Waals surface area contributed by atoms with Crippen LogP contribution in [-0.2, 0) is 0 Å². The van der Waals surface area contributed by atoms with E-state index in [9.17, 15) is 0 Å². The first-order chi connectivity index (χ1) is 12.3. The second-order valence-electron chi connectivity index (χ2n) is 6.97. The van der Waals surface area contributed by atoms with Crippen LogP contribution in [0.3, 0.4) is 0 Å². The van der Waals surface area contributed by atoms with E-state index in [2.05, 4.69) is 44.8 Å². The fourth-order valence-corrected chi connectivity index (χ4v) is 3.83. The van der Waals surface area contributed by atoms with E-state index in [1.54, 1.807) is 0 Å². The molecule has 0 radical (unpaired) electrons. The van der Waals surface area contributed by atoms with E-state index in [0.29, 0.717) is 11.1 Å². The van der Waals surface area contributed by atoms with E-state index in [1.807, 2.05) is 49.0 Å². The van der Waals surface area contributed by atoms with Crippen LogP contribution in [0.1, 0.15) is 43.5 Å². The van der Waals surface area contributed by atoms with Gasteiger partial charge in [-0.2, -0.15) is 0 Å². The lowest BCUT2D eigenvalue weighted by atomic mass is 10.1. The Labute approximate surface area is 160 Å². The van der Waals surface area contributed by atoms with Gasteiger partial charge in [0, 0.05) is 27.6 Å². The van der Waals surface area contributed by atoms with E-state index in [0.717, 1.165) is 27.8 Å². The van der Waals surface area contributed by atoms with Crippen molar-refractivity contribution in [3.63, 3.8) is 0 Å². The number of pyridine rings is 1. The van der Waals surface area contributed by atoms with Crippen molar-refractivity contribution in [1.82, 2.24) is 4.98 Å². The fraction of sp³-hybridized carbons (Fsp3) is 0.318. The number of rotatable bonds is 5. The average molecular weight is 367 g/mol. The molecule has 2 aromatic carbocycles. The van der Waals surface area contributed by atoms with Gasteiger partial charge in [0.05, 0.1) is 5.52 Å². The first kappa shape index (κ1) is 18.7. The molecule has 1 heterocycles. The molecule has 0 aliphatic rings. The third-order valence-corrected chi connectivity index (χ3v) is 5.65. The Hall–Kier alpha value is -2.04. The molecule has 0 saturated carbocycles. The van der Waals surface area contributed by atoms with Crippen LogP contribution < -0.4 is 10.5 Å². The van der Waals surface area contributed by atoms with Gasteiger partial charge in [-0.25, -0.2) is 4.98 Å². The summed E-state index contributed by atoms with van der Waals surface area (Å²) in [5, 5.41) is 1.63. The van der Waals surface area contributed by atoms with E-state index in [-0.39, 0.29) is 6.04 Å². The van der Waals surface area contributed by atoms with Crippen molar-refractivity contribution in [2.24, 2.45) is 5.73 Å². The highest BCUT2D eigenvalue weighted by Crippen LogP contribution is 2.34. The molecule has 26 heavy (non-hydrogen) atoms. The van der Waals surface area contributed by atoms with Crippen LogP contribution >= 0.6 is 11.8 Å². The Morgan fingerprint density at radius 3 is 2.42 bits per heavy atom. The Kier molecular flexibility index (Phi) is 5.54. The Balaban J connectivity index is 1.89. The molecule has 3 rings (SSSR count). The monoisotopic (exact) mass is 366 g/mol. The maximum atomic E-state index is 6.09. The molecule has 1 atom stereocenters. The summed E-state index contributed by atoms with van der Waals surface area (Å²) in [4.78, 5) is 5.95. The highest BCUT2D eigenvalue weighted by molar-refractivity contribution is 8.00. The van der Waals surface area contributed by atoms with E-state index >= 15 is 0 Å². The van der Waals surface area contributed by atoms with Crippen molar-refractivity contribution in [3.05, 3.63) is 59.2 Å². The van der Waals surface area contributed by atoms with Crippen LogP contribution in [0, 0.1) is 13.8 Å². The van der Waals surface area contributed by atoms with Gasteiger partial charge >= 0.3 is 0 Å². The molecule has 3 aromatic rings. The van der Waals surface area contributed by atoms with Crippen LogP contribution in [0.2, 0.25) is 0 Å². The molecular formula is C22H26N2OS. The zero-order valence-electron chi connectivity index (χ0n) is 16.0. The summed E-state index contributed by atoms with van der Waals surface area (Å²) in [6, 6.07) is 14.3. The van der Waals surface area contributed by atoms with Gasteiger partial charge in [0.25, 0.3) is 0 Å². The van der Waals surface area contributed by atoms with Gasteiger partial charge < -0.3 is 10.5 Å². The highest BCUT2D eigenvalue weighted by atomic mass is 32.2. The summed E-state index contributed by atoms with van der Waals surface area (Å²) < 4.78 is 6.09. The zero-order valence-corrected chi connectivity index (χ0v) is 16.9. The van der Waals surface area contributed by atoms with Crippen molar-refractivity contribution in [1.29, 1.82) is 0 Å². The zero-order chi connectivity index (χ0) is 18.8. The predicted molar refractivity (Wildman–Crippen MR) is 111 cm³/mol. The maximum absolute atomic E-state index is 6.09. The van der Waals surface area contributed by atoms with E-state index in [1.165, 1.54) is 10.5 Å². The molecule has 0 bridgehead atoms. The van der Waals surface area contributed by atoms with Gasteiger partial charge in [-0.15, -0.1) is 11.8 Å². The van der Waals surface area contributed by atoms with Crippen LogP contribution in [0.4, 0.5) is 0 Å². The van der Waals surface area contributed by atoms with Gasteiger partial charge in [-0.1, -0.05) is 19.9 Å². The number of benzene rings is 2. The third-order valence-electron chi connectivity index (χ3n) is 4.48. The minimum absolute atomic E-state index is 0.0168. The summed E-state index contributed by atoms with van der Waals surface area (Å²) >= 11 is 1.88. The van der Waals surface area contributed by atoms with E-state index < -0.39 is 0 Å². The Bertz CT molecular complexity index is 935. The Morgan fingerprint density at radius 1 is 0.962 bits per heavy atom. The quantitative estimate of drug-likeness (QED) is 0.549. The summed E-state index contributed by atoms with van der Waals surface area (Å²) in [7, 11) is 0. The molecular weight excluding hydrogens is 340 g/mol. The van der Waals surface area contributed by atoms with Crippen molar-refractivity contribution < 1.29 is 4.74 Å². The standard InChI is InChI=1S/C22H26N2OS/c1-13(2)26-21-10-9-20(14(3)15(21)4)25-22-11-7-18-12-17(16(5)23)6-8-19(18)24-22/h6-13,16H,23H2,1-5H3. The maximum Gasteiger partial charge on any atom is 0.219 e. The lowest BCUT2D eigenvalue weighted by Gasteiger charge is -2.15. The number of hydrogen-bond acceptors (Lipinski definition) is 4. The first-order valence-corrected chi connectivity index (χ1v) is 9.84. The molecule has 136 valence electrons. The van der Waals surface area contributed by atoms with Gasteiger partial charge in [0.2, 0.25) is 5.88 Å². The SMILES string of the molecule is Cc1c(Oc2ccc3cc(C(C)N)ccc3n2)ccc(SC(C)C)c1C. The number of thioether (sulfide) groups is 1. The number of nitrogens with two attached hydrogens (primary N) is 1. The van der Waals surface area contributed by atoms with Crippen molar-refractivity contribution in [2.45, 2.75) is 50.8 Å². The van der Waals surface area contributed by atoms with Crippen LogP contribution in [0.5, 0.6) is 11.6 Å². The number of ether oxygens (including phenoxy) is 1. The Morgan fingerprint density at radius 2 is 1.73 bits per heavy atom. The van der Waals surface area contributed by atoms with Gasteiger partial charge in [-0.3, -0.25) is 0 Å². The van der Waals surface area contributed by atoms with Crippen LogP contribution in [-0.4, -0.2) is 10.2 Å². The van der Waals surface area contributed by atoms with Crippen molar-refractivity contribution >= 4 is 22.7 Å². The summed E-state index contributed by atoms with van der Waals surface area (Å²) in [6.45, 7) is 10.7. The lowest BCUT2D eigenvalue weighted by Crippen LogP contribution is -2.04. The normalized spacial score (nSPS) is 12.6. The molecule has 0 aliphatic heterocycles. The predicted octanol–water partition coefficient (Wildman–Crippen LogP) is 6.16. The van der Waals surface area contributed by atoms with Crippen molar-refractivity contribution in [3.8, 4) is 11.6 Å². The third kappa shape index (κ3) is 4.02. The molecule has 1 unspecified atom stereocenters. The molecule has 2 N–H and O–H groups in total.